The number of halogens is 1. The summed E-state index contributed by atoms with van der Waals surface area (Å²) in [6, 6.07) is 0.238. The van der Waals surface area contributed by atoms with E-state index < -0.39 is 0 Å². The molecule has 6 heteroatoms. The number of aliphatic hydroxyl groups excluding tert-OH is 1. The molecule has 0 spiro atoms. The Morgan fingerprint density at radius 2 is 2.47 bits per heavy atom. The lowest BCUT2D eigenvalue weighted by Gasteiger charge is -2.19. The van der Waals surface area contributed by atoms with Crippen LogP contribution in [0.15, 0.2) is 0 Å². The zero-order chi connectivity index (χ0) is 11.0. The molecule has 2 rings (SSSR count). The molecule has 0 amide bonds. The van der Waals surface area contributed by atoms with Gasteiger partial charge in [-0.15, -0.1) is 0 Å². The number of β-amino-alcohol motifs (C(OH)–C–C–N with tert-alkyl or cyclic N) is 1. The van der Waals surface area contributed by atoms with E-state index in [1.807, 2.05) is 11.8 Å². The molecule has 2 atom stereocenters. The van der Waals surface area contributed by atoms with Crippen molar-refractivity contribution in [1.29, 1.82) is 0 Å². The number of aromatic nitrogens is 1. The molecule has 82 valence electrons. The predicted molar refractivity (Wildman–Crippen MR) is 59.9 cm³/mol. The summed E-state index contributed by atoms with van der Waals surface area (Å²) < 4.78 is 0. The van der Waals surface area contributed by atoms with Gasteiger partial charge in [0.25, 0.3) is 0 Å². The fraction of sp³-hybridized carbons (Fsp3) is 0.556. The third kappa shape index (κ3) is 2.00. The minimum Gasteiger partial charge on any atom is -0.391 e. The second-order valence-electron chi connectivity index (χ2n) is 3.66. The first-order valence-electron chi connectivity index (χ1n) is 4.68. The number of hydrogen-bond acceptors (Lipinski definition) is 5. The maximum Gasteiger partial charge on any atom is 0.187 e. The Balaban J connectivity index is 2.26. The smallest absolute Gasteiger partial charge is 0.187 e. The van der Waals surface area contributed by atoms with E-state index in [0.29, 0.717) is 22.8 Å². The lowest BCUT2D eigenvalue weighted by atomic mass is 10.2. The second kappa shape index (κ2) is 4.08. The van der Waals surface area contributed by atoms with E-state index >= 15 is 0 Å². The molecule has 1 saturated heterocycles. The van der Waals surface area contributed by atoms with Gasteiger partial charge in [-0.2, -0.15) is 0 Å². The number of hydrogen-bond donors (Lipinski definition) is 1. The van der Waals surface area contributed by atoms with Crippen molar-refractivity contribution in [2.24, 2.45) is 0 Å². The highest BCUT2D eigenvalue weighted by molar-refractivity contribution is 7.17. The standard InChI is InChI=1S/C9H11ClN2O2S/c1-5-2-6(14)3-12(5)9-11-8(10)7(4-13)15-9/h4-6,14H,2-3H2,1H3. The van der Waals surface area contributed by atoms with E-state index in [-0.39, 0.29) is 17.3 Å². The Morgan fingerprint density at radius 1 is 1.73 bits per heavy atom. The Bertz CT molecular complexity index is 382. The average Bonchev–Trinajstić information content (AvgIpc) is 2.69. The molecule has 1 N–H and O–H groups in total. The molecule has 0 aliphatic carbocycles. The normalized spacial score (nSPS) is 25.9. The van der Waals surface area contributed by atoms with Gasteiger partial charge < -0.3 is 10.0 Å². The molecule has 1 aliphatic heterocycles. The molecule has 0 aromatic carbocycles. The highest BCUT2D eigenvalue weighted by Gasteiger charge is 2.30. The summed E-state index contributed by atoms with van der Waals surface area (Å²) in [4.78, 5) is 17.2. The number of aldehydes is 1. The Hall–Kier alpha value is -0.650. The quantitative estimate of drug-likeness (QED) is 0.805. The van der Waals surface area contributed by atoms with Gasteiger partial charge in [0.05, 0.1) is 6.10 Å². The predicted octanol–water partition coefficient (Wildman–Crippen LogP) is 1.57. The summed E-state index contributed by atoms with van der Waals surface area (Å²) in [5, 5.41) is 10.5. The van der Waals surface area contributed by atoms with E-state index in [9.17, 15) is 9.90 Å². The molecule has 2 unspecified atom stereocenters. The molecule has 1 aromatic rings. The van der Waals surface area contributed by atoms with Crippen LogP contribution in [-0.4, -0.2) is 35.1 Å². The van der Waals surface area contributed by atoms with Gasteiger partial charge in [0.15, 0.2) is 16.6 Å². The van der Waals surface area contributed by atoms with Gasteiger partial charge in [0.1, 0.15) is 4.88 Å². The van der Waals surface area contributed by atoms with Gasteiger partial charge in [-0.1, -0.05) is 22.9 Å². The van der Waals surface area contributed by atoms with Gasteiger partial charge in [-0.3, -0.25) is 4.79 Å². The Kier molecular flexibility index (Phi) is 2.95. The van der Waals surface area contributed by atoms with Crippen molar-refractivity contribution in [2.45, 2.75) is 25.5 Å². The topological polar surface area (TPSA) is 53.4 Å². The van der Waals surface area contributed by atoms with E-state index in [2.05, 4.69) is 4.98 Å². The van der Waals surface area contributed by atoms with Gasteiger partial charge in [0.2, 0.25) is 0 Å². The van der Waals surface area contributed by atoms with Crippen LogP contribution in [0.25, 0.3) is 0 Å². The molecular weight excluding hydrogens is 236 g/mol. The number of carbonyl (C=O) groups excluding carboxylic acids is 1. The van der Waals surface area contributed by atoms with Crippen molar-refractivity contribution in [3.8, 4) is 0 Å². The fourth-order valence-electron chi connectivity index (χ4n) is 1.77. The van der Waals surface area contributed by atoms with Crippen LogP contribution in [0.1, 0.15) is 23.0 Å². The summed E-state index contributed by atoms with van der Waals surface area (Å²) in [5.41, 5.74) is 0. The van der Waals surface area contributed by atoms with Crippen LogP contribution in [0.5, 0.6) is 0 Å². The van der Waals surface area contributed by atoms with Crippen LogP contribution < -0.4 is 4.90 Å². The third-order valence-electron chi connectivity index (χ3n) is 2.50. The summed E-state index contributed by atoms with van der Waals surface area (Å²) >= 11 is 7.05. The van der Waals surface area contributed by atoms with Crippen molar-refractivity contribution >= 4 is 34.4 Å². The fourth-order valence-corrected chi connectivity index (χ4v) is 2.94. The zero-order valence-electron chi connectivity index (χ0n) is 8.18. The van der Waals surface area contributed by atoms with Gasteiger partial charge in [-0.05, 0) is 13.3 Å². The van der Waals surface area contributed by atoms with Crippen LogP contribution in [0, 0.1) is 0 Å². The number of rotatable bonds is 2. The molecule has 4 nitrogen and oxygen atoms in total. The molecule has 1 aliphatic rings. The largest absolute Gasteiger partial charge is 0.391 e. The van der Waals surface area contributed by atoms with E-state index in [1.54, 1.807) is 0 Å². The van der Waals surface area contributed by atoms with Crippen LogP contribution in [-0.2, 0) is 0 Å². The molecule has 0 radical (unpaired) electrons. The lowest BCUT2D eigenvalue weighted by molar-refractivity contribution is 0.112. The van der Waals surface area contributed by atoms with Gasteiger partial charge >= 0.3 is 0 Å². The van der Waals surface area contributed by atoms with Crippen LogP contribution in [0.3, 0.4) is 0 Å². The summed E-state index contributed by atoms with van der Waals surface area (Å²) in [5.74, 6) is 0. The SMILES string of the molecule is CC1CC(O)CN1c1nc(Cl)c(C=O)s1. The van der Waals surface area contributed by atoms with Crippen LogP contribution >= 0.6 is 22.9 Å². The first kappa shape index (κ1) is 10.9. The molecule has 1 aromatic heterocycles. The Morgan fingerprint density at radius 3 is 2.93 bits per heavy atom. The minimum atomic E-state index is -0.317. The molecule has 15 heavy (non-hydrogen) atoms. The number of anilines is 1. The number of carbonyl (C=O) groups is 1. The third-order valence-corrected chi connectivity index (χ3v) is 3.92. The van der Waals surface area contributed by atoms with E-state index in [1.165, 1.54) is 11.3 Å². The maximum atomic E-state index is 10.6. The highest BCUT2D eigenvalue weighted by atomic mass is 35.5. The van der Waals surface area contributed by atoms with Gasteiger partial charge in [0, 0.05) is 12.6 Å². The second-order valence-corrected chi connectivity index (χ2v) is 5.03. The summed E-state index contributed by atoms with van der Waals surface area (Å²) in [6.45, 7) is 2.58. The van der Waals surface area contributed by atoms with Crippen molar-refractivity contribution in [2.75, 3.05) is 11.4 Å². The molecule has 1 fully saturated rings. The molecule has 0 bridgehead atoms. The summed E-state index contributed by atoms with van der Waals surface area (Å²) in [6.07, 6.45) is 1.12. The Labute approximate surface area is 96.5 Å². The van der Waals surface area contributed by atoms with Crippen molar-refractivity contribution in [3.63, 3.8) is 0 Å². The minimum absolute atomic E-state index is 0.238. The first-order chi connectivity index (χ1) is 7.11. The maximum absolute atomic E-state index is 10.6. The highest BCUT2D eigenvalue weighted by Crippen LogP contribution is 2.32. The zero-order valence-corrected chi connectivity index (χ0v) is 9.75. The molecular formula is C9H11ClN2O2S. The average molecular weight is 247 g/mol. The number of aliphatic hydroxyl groups is 1. The summed E-state index contributed by atoms with van der Waals surface area (Å²) in [7, 11) is 0. The number of nitrogens with zero attached hydrogens (tertiary/aromatic N) is 2. The lowest BCUT2D eigenvalue weighted by Crippen LogP contribution is -2.26. The van der Waals surface area contributed by atoms with Crippen molar-refractivity contribution in [3.05, 3.63) is 10.0 Å². The van der Waals surface area contributed by atoms with Gasteiger partial charge in [-0.25, -0.2) is 4.98 Å². The molecule has 0 saturated carbocycles. The first-order valence-corrected chi connectivity index (χ1v) is 5.87. The monoisotopic (exact) mass is 246 g/mol. The van der Waals surface area contributed by atoms with Crippen LogP contribution in [0.4, 0.5) is 5.13 Å². The van der Waals surface area contributed by atoms with Crippen molar-refractivity contribution < 1.29 is 9.90 Å². The van der Waals surface area contributed by atoms with Crippen molar-refractivity contribution in [1.82, 2.24) is 4.98 Å². The molecule has 2 heterocycles. The number of thiazole rings is 1. The van der Waals surface area contributed by atoms with Crippen LogP contribution in [0.2, 0.25) is 5.15 Å². The van der Waals surface area contributed by atoms with E-state index in [0.717, 1.165) is 6.42 Å². The van der Waals surface area contributed by atoms with E-state index in [4.69, 9.17) is 11.6 Å².